The molecule has 0 spiro atoms. The van der Waals surface area contributed by atoms with Crippen molar-refractivity contribution < 1.29 is 24.2 Å². The van der Waals surface area contributed by atoms with Crippen LogP contribution in [-0.2, 0) is 14.3 Å². The number of carbonyl (C=O) groups is 2. The molecule has 1 rings (SSSR count). The van der Waals surface area contributed by atoms with Crippen molar-refractivity contribution in [3.05, 3.63) is 29.8 Å². The molecule has 2 unspecified atom stereocenters. The summed E-state index contributed by atoms with van der Waals surface area (Å²) >= 11 is 0. The molecule has 0 aliphatic heterocycles. The summed E-state index contributed by atoms with van der Waals surface area (Å²) < 4.78 is 10.5. The maximum Gasteiger partial charge on any atom is 0.306 e. The number of hydrogen-bond donors (Lipinski definition) is 2. The molecule has 0 saturated heterocycles. The summed E-state index contributed by atoms with van der Waals surface area (Å²) in [6, 6.07) is 7.38. The normalized spacial score (nSPS) is 13.3. The number of methoxy groups -OCH3 is 1. The molecule has 0 aliphatic rings. The van der Waals surface area contributed by atoms with Gasteiger partial charge in [-0.1, -0.05) is 17.7 Å². The van der Waals surface area contributed by atoms with Gasteiger partial charge in [-0.2, -0.15) is 0 Å². The van der Waals surface area contributed by atoms with Gasteiger partial charge in [0.1, 0.15) is 5.75 Å². The highest BCUT2D eigenvalue weighted by molar-refractivity contribution is 5.80. The molecule has 6 nitrogen and oxygen atoms in total. The van der Waals surface area contributed by atoms with Crippen molar-refractivity contribution in [2.75, 3.05) is 13.7 Å². The Balaban J connectivity index is 2.43. The highest BCUT2D eigenvalue weighted by atomic mass is 16.5. The first-order valence-corrected chi connectivity index (χ1v) is 6.68. The molecule has 2 atom stereocenters. The van der Waals surface area contributed by atoms with Crippen LogP contribution in [0.2, 0.25) is 0 Å². The second-order valence-corrected chi connectivity index (χ2v) is 4.77. The Hall–Kier alpha value is -2.08. The van der Waals surface area contributed by atoms with Crippen LogP contribution in [-0.4, -0.2) is 42.8 Å². The molecule has 0 heterocycles. The standard InChI is InChI=1S/C15H21NO5/c1-10-4-6-12(7-5-10)21-11(2)15(19)16-9-13(20-3)8-14(17)18/h4-7,11,13H,8-9H2,1-3H3,(H,16,19)(H,17,18). The van der Waals surface area contributed by atoms with E-state index >= 15 is 0 Å². The van der Waals surface area contributed by atoms with E-state index in [2.05, 4.69) is 5.32 Å². The summed E-state index contributed by atoms with van der Waals surface area (Å²) in [6.07, 6.45) is -1.39. The number of carbonyl (C=O) groups excluding carboxylic acids is 1. The minimum absolute atomic E-state index is 0.128. The second-order valence-electron chi connectivity index (χ2n) is 4.77. The van der Waals surface area contributed by atoms with Crippen molar-refractivity contribution in [3.63, 3.8) is 0 Å². The van der Waals surface area contributed by atoms with E-state index in [-0.39, 0.29) is 18.9 Å². The van der Waals surface area contributed by atoms with Crippen molar-refractivity contribution in [3.8, 4) is 5.75 Å². The molecular weight excluding hydrogens is 274 g/mol. The van der Waals surface area contributed by atoms with Gasteiger partial charge in [0.2, 0.25) is 0 Å². The van der Waals surface area contributed by atoms with Crippen LogP contribution in [0.15, 0.2) is 24.3 Å². The number of benzene rings is 1. The Morgan fingerprint density at radius 1 is 1.29 bits per heavy atom. The lowest BCUT2D eigenvalue weighted by Crippen LogP contribution is -2.41. The Kier molecular flexibility index (Phi) is 6.68. The van der Waals surface area contributed by atoms with Crippen molar-refractivity contribution in [1.82, 2.24) is 5.32 Å². The van der Waals surface area contributed by atoms with Gasteiger partial charge in [0, 0.05) is 13.7 Å². The van der Waals surface area contributed by atoms with Gasteiger partial charge in [0.05, 0.1) is 12.5 Å². The molecule has 0 aromatic heterocycles. The van der Waals surface area contributed by atoms with Crippen LogP contribution in [0.5, 0.6) is 5.75 Å². The first kappa shape index (κ1) is 17.0. The van der Waals surface area contributed by atoms with Crippen molar-refractivity contribution in [1.29, 1.82) is 0 Å². The van der Waals surface area contributed by atoms with E-state index in [0.717, 1.165) is 5.56 Å². The molecule has 0 radical (unpaired) electrons. The highest BCUT2D eigenvalue weighted by Crippen LogP contribution is 2.13. The summed E-state index contributed by atoms with van der Waals surface area (Å²) in [6.45, 7) is 3.73. The van der Waals surface area contributed by atoms with Gasteiger partial charge in [-0.15, -0.1) is 0 Å². The maximum atomic E-state index is 11.9. The van der Waals surface area contributed by atoms with E-state index in [1.807, 2.05) is 19.1 Å². The van der Waals surface area contributed by atoms with Gasteiger partial charge < -0.3 is 19.9 Å². The first-order chi connectivity index (χ1) is 9.92. The van der Waals surface area contributed by atoms with E-state index < -0.39 is 18.2 Å². The van der Waals surface area contributed by atoms with Crippen LogP contribution in [0, 0.1) is 6.92 Å². The largest absolute Gasteiger partial charge is 0.481 e. The fraction of sp³-hybridized carbons (Fsp3) is 0.467. The van der Waals surface area contributed by atoms with Gasteiger partial charge in [-0.05, 0) is 26.0 Å². The molecule has 1 aromatic carbocycles. The zero-order valence-electron chi connectivity index (χ0n) is 12.5. The molecule has 116 valence electrons. The average molecular weight is 295 g/mol. The van der Waals surface area contributed by atoms with Crippen molar-refractivity contribution >= 4 is 11.9 Å². The average Bonchev–Trinajstić information content (AvgIpc) is 2.45. The Morgan fingerprint density at radius 2 is 1.90 bits per heavy atom. The molecule has 21 heavy (non-hydrogen) atoms. The number of rotatable bonds is 8. The van der Waals surface area contributed by atoms with Crippen LogP contribution < -0.4 is 10.1 Å². The predicted molar refractivity (Wildman–Crippen MR) is 77.3 cm³/mol. The smallest absolute Gasteiger partial charge is 0.306 e. The third-order valence-electron chi connectivity index (χ3n) is 2.94. The maximum absolute atomic E-state index is 11.9. The molecule has 1 amide bonds. The fourth-order valence-electron chi connectivity index (χ4n) is 1.67. The molecule has 6 heteroatoms. The molecule has 0 bridgehead atoms. The lowest BCUT2D eigenvalue weighted by atomic mass is 10.2. The van der Waals surface area contributed by atoms with Gasteiger partial charge in [-0.3, -0.25) is 9.59 Å². The molecular formula is C15H21NO5. The van der Waals surface area contributed by atoms with E-state index in [1.165, 1.54) is 7.11 Å². The number of aryl methyl sites for hydroxylation is 1. The van der Waals surface area contributed by atoms with Crippen molar-refractivity contribution in [2.45, 2.75) is 32.5 Å². The SMILES string of the molecule is COC(CNC(=O)C(C)Oc1ccc(C)cc1)CC(=O)O. The number of aliphatic carboxylic acids is 1. The molecule has 1 aromatic rings. The van der Waals surface area contributed by atoms with E-state index in [4.69, 9.17) is 14.6 Å². The lowest BCUT2D eigenvalue weighted by Gasteiger charge is -2.17. The zero-order chi connectivity index (χ0) is 15.8. The number of carboxylic acids is 1. The van der Waals surface area contributed by atoms with E-state index in [0.29, 0.717) is 5.75 Å². The second kappa shape index (κ2) is 8.26. The number of ether oxygens (including phenoxy) is 2. The minimum Gasteiger partial charge on any atom is -0.481 e. The summed E-state index contributed by atoms with van der Waals surface area (Å²) in [5, 5.41) is 11.3. The zero-order valence-corrected chi connectivity index (χ0v) is 12.5. The molecule has 0 fully saturated rings. The number of amides is 1. The Labute approximate surface area is 124 Å². The van der Waals surface area contributed by atoms with Crippen LogP contribution in [0.4, 0.5) is 0 Å². The minimum atomic E-state index is -0.972. The monoisotopic (exact) mass is 295 g/mol. The van der Waals surface area contributed by atoms with Crippen LogP contribution in [0.3, 0.4) is 0 Å². The third kappa shape index (κ3) is 6.27. The van der Waals surface area contributed by atoms with Crippen LogP contribution >= 0.6 is 0 Å². The number of hydrogen-bond acceptors (Lipinski definition) is 4. The summed E-state index contributed by atoms with van der Waals surface area (Å²) in [5.41, 5.74) is 1.11. The lowest BCUT2D eigenvalue weighted by molar-refractivity contribution is -0.140. The summed E-state index contributed by atoms with van der Waals surface area (Å²) in [4.78, 5) is 22.5. The van der Waals surface area contributed by atoms with E-state index in [9.17, 15) is 9.59 Å². The molecule has 0 saturated carbocycles. The quantitative estimate of drug-likeness (QED) is 0.756. The van der Waals surface area contributed by atoms with Gasteiger partial charge in [0.15, 0.2) is 6.10 Å². The summed E-state index contributed by atoms with van der Waals surface area (Å²) in [7, 11) is 1.41. The van der Waals surface area contributed by atoms with Crippen molar-refractivity contribution in [2.24, 2.45) is 0 Å². The Bertz CT molecular complexity index is 471. The van der Waals surface area contributed by atoms with Gasteiger partial charge >= 0.3 is 5.97 Å². The first-order valence-electron chi connectivity index (χ1n) is 6.68. The fourth-order valence-corrected chi connectivity index (χ4v) is 1.67. The number of nitrogens with one attached hydrogen (secondary N) is 1. The molecule has 0 aliphatic carbocycles. The van der Waals surface area contributed by atoms with Gasteiger partial charge in [0.25, 0.3) is 5.91 Å². The van der Waals surface area contributed by atoms with E-state index in [1.54, 1.807) is 19.1 Å². The number of carboxylic acid groups (broad SMARTS) is 1. The topological polar surface area (TPSA) is 84.9 Å². The summed E-state index contributed by atoms with van der Waals surface area (Å²) in [5.74, 6) is -0.680. The van der Waals surface area contributed by atoms with Crippen LogP contribution in [0.1, 0.15) is 18.9 Å². The molecule has 2 N–H and O–H groups in total. The van der Waals surface area contributed by atoms with Crippen LogP contribution in [0.25, 0.3) is 0 Å². The third-order valence-corrected chi connectivity index (χ3v) is 2.94. The van der Waals surface area contributed by atoms with Gasteiger partial charge in [-0.25, -0.2) is 0 Å². The predicted octanol–water partition coefficient (Wildman–Crippen LogP) is 1.37. The Morgan fingerprint density at radius 3 is 2.43 bits per heavy atom. The highest BCUT2D eigenvalue weighted by Gasteiger charge is 2.18.